The standard InChI is InChI=1S/C22H24N2O5S2/c1-2-24(22-9-5-7-18-6-3-4-8-21(18)22)31(27,28)20-12-10-19(11-13-20)30(25,26)23-14-16-29-17-15-23/h3-13H,2,14-17H2,1H3. The first-order valence-corrected chi connectivity index (χ1v) is 12.9. The van der Waals surface area contributed by atoms with E-state index >= 15 is 0 Å². The largest absolute Gasteiger partial charge is 0.379 e. The van der Waals surface area contributed by atoms with Crippen LogP contribution in [0.15, 0.2) is 76.5 Å². The van der Waals surface area contributed by atoms with Crippen molar-refractivity contribution in [2.45, 2.75) is 16.7 Å². The molecule has 0 spiro atoms. The van der Waals surface area contributed by atoms with Gasteiger partial charge in [0.25, 0.3) is 10.0 Å². The van der Waals surface area contributed by atoms with Gasteiger partial charge >= 0.3 is 0 Å². The molecule has 1 fully saturated rings. The van der Waals surface area contributed by atoms with Gasteiger partial charge in [0.05, 0.1) is 28.7 Å². The molecule has 0 aromatic heterocycles. The van der Waals surface area contributed by atoms with Crippen LogP contribution in [-0.2, 0) is 24.8 Å². The van der Waals surface area contributed by atoms with Crippen molar-refractivity contribution in [2.75, 3.05) is 37.2 Å². The van der Waals surface area contributed by atoms with Crippen molar-refractivity contribution in [1.82, 2.24) is 4.31 Å². The third-order valence-electron chi connectivity index (χ3n) is 5.34. The molecule has 1 heterocycles. The first-order valence-electron chi connectivity index (χ1n) is 10.0. The van der Waals surface area contributed by atoms with E-state index < -0.39 is 20.0 Å². The Balaban J connectivity index is 1.69. The number of benzene rings is 3. The second-order valence-electron chi connectivity index (χ2n) is 7.16. The summed E-state index contributed by atoms with van der Waals surface area (Å²) in [5.74, 6) is 0. The third kappa shape index (κ3) is 4.06. The molecule has 4 rings (SSSR count). The Bertz CT molecular complexity index is 1280. The van der Waals surface area contributed by atoms with Crippen LogP contribution in [0, 0.1) is 0 Å². The fourth-order valence-corrected chi connectivity index (χ4v) is 6.64. The molecule has 1 aliphatic heterocycles. The summed E-state index contributed by atoms with van der Waals surface area (Å²) in [6.07, 6.45) is 0. The zero-order valence-electron chi connectivity index (χ0n) is 17.1. The number of rotatable bonds is 6. The summed E-state index contributed by atoms with van der Waals surface area (Å²) in [6, 6.07) is 18.6. The summed E-state index contributed by atoms with van der Waals surface area (Å²) in [5.41, 5.74) is 0.589. The maximum atomic E-state index is 13.4. The molecule has 164 valence electrons. The Morgan fingerprint density at radius 1 is 0.839 bits per heavy atom. The summed E-state index contributed by atoms with van der Waals surface area (Å²) >= 11 is 0. The van der Waals surface area contributed by atoms with Gasteiger partial charge < -0.3 is 4.74 Å². The molecule has 0 radical (unpaired) electrons. The van der Waals surface area contributed by atoms with E-state index in [1.807, 2.05) is 36.4 Å². The minimum Gasteiger partial charge on any atom is -0.379 e. The first kappa shape index (κ1) is 21.8. The Kier molecular flexibility index (Phi) is 6.02. The SMILES string of the molecule is CCN(c1cccc2ccccc12)S(=O)(=O)c1ccc(S(=O)(=O)N2CCOCC2)cc1. The number of hydrogen-bond acceptors (Lipinski definition) is 5. The molecule has 1 saturated heterocycles. The second-order valence-corrected chi connectivity index (χ2v) is 11.0. The quantitative estimate of drug-likeness (QED) is 0.565. The van der Waals surface area contributed by atoms with Crippen LogP contribution < -0.4 is 4.31 Å². The number of hydrogen-bond donors (Lipinski definition) is 0. The van der Waals surface area contributed by atoms with E-state index in [2.05, 4.69) is 0 Å². The monoisotopic (exact) mass is 460 g/mol. The third-order valence-corrected chi connectivity index (χ3v) is 9.16. The predicted octanol–water partition coefficient (Wildman–Crippen LogP) is 3.08. The lowest BCUT2D eigenvalue weighted by molar-refractivity contribution is 0.0730. The van der Waals surface area contributed by atoms with E-state index in [0.717, 1.165) is 10.8 Å². The van der Waals surface area contributed by atoms with Crippen molar-refractivity contribution in [1.29, 1.82) is 0 Å². The van der Waals surface area contributed by atoms with Crippen LogP contribution in [0.4, 0.5) is 5.69 Å². The van der Waals surface area contributed by atoms with E-state index in [1.54, 1.807) is 13.0 Å². The lowest BCUT2D eigenvalue weighted by Crippen LogP contribution is -2.40. The Hall–Kier alpha value is -2.46. The molecule has 0 atom stereocenters. The van der Waals surface area contributed by atoms with Gasteiger partial charge in [0.1, 0.15) is 0 Å². The van der Waals surface area contributed by atoms with Crippen molar-refractivity contribution in [3.05, 3.63) is 66.7 Å². The predicted molar refractivity (Wildman–Crippen MR) is 120 cm³/mol. The highest BCUT2D eigenvalue weighted by Gasteiger charge is 2.28. The van der Waals surface area contributed by atoms with E-state index in [4.69, 9.17) is 4.74 Å². The van der Waals surface area contributed by atoms with Gasteiger partial charge in [0.15, 0.2) is 0 Å². The lowest BCUT2D eigenvalue weighted by Gasteiger charge is -2.26. The topological polar surface area (TPSA) is 84.0 Å². The molecule has 3 aromatic carbocycles. The fraction of sp³-hybridized carbons (Fsp3) is 0.273. The van der Waals surface area contributed by atoms with Crippen molar-refractivity contribution in [3.8, 4) is 0 Å². The molecule has 31 heavy (non-hydrogen) atoms. The Labute approximate surface area is 183 Å². The van der Waals surface area contributed by atoms with Crippen LogP contribution in [0.25, 0.3) is 10.8 Å². The van der Waals surface area contributed by atoms with Gasteiger partial charge in [-0.25, -0.2) is 16.8 Å². The lowest BCUT2D eigenvalue weighted by atomic mass is 10.1. The van der Waals surface area contributed by atoms with Crippen molar-refractivity contribution >= 4 is 36.5 Å². The van der Waals surface area contributed by atoms with E-state index in [-0.39, 0.29) is 29.4 Å². The van der Waals surface area contributed by atoms with Gasteiger partial charge in [-0.2, -0.15) is 4.31 Å². The summed E-state index contributed by atoms with van der Waals surface area (Å²) in [6.45, 7) is 3.28. The van der Waals surface area contributed by atoms with E-state index in [0.29, 0.717) is 18.9 Å². The van der Waals surface area contributed by atoms with Crippen molar-refractivity contribution in [3.63, 3.8) is 0 Å². The zero-order valence-corrected chi connectivity index (χ0v) is 18.8. The fourth-order valence-electron chi connectivity index (χ4n) is 3.74. The average Bonchev–Trinajstić information content (AvgIpc) is 2.80. The summed E-state index contributed by atoms with van der Waals surface area (Å²) in [7, 11) is -7.56. The van der Waals surface area contributed by atoms with Crippen LogP contribution in [-0.4, -0.2) is 54.0 Å². The molecule has 0 N–H and O–H groups in total. The molecule has 3 aromatic rings. The Morgan fingerprint density at radius 3 is 2.13 bits per heavy atom. The van der Waals surface area contributed by atoms with Gasteiger partial charge in [0, 0.05) is 25.0 Å². The number of nitrogens with zero attached hydrogens (tertiary/aromatic N) is 2. The van der Waals surface area contributed by atoms with Crippen LogP contribution >= 0.6 is 0 Å². The molecule has 0 bridgehead atoms. The van der Waals surface area contributed by atoms with E-state index in [1.165, 1.54) is 32.9 Å². The zero-order chi connectivity index (χ0) is 22.1. The minimum absolute atomic E-state index is 0.0446. The maximum Gasteiger partial charge on any atom is 0.264 e. The van der Waals surface area contributed by atoms with Crippen molar-refractivity contribution in [2.24, 2.45) is 0 Å². The highest BCUT2D eigenvalue weighted by Crippen LogP contribution is 2.31. The van der Waals surface area contributed by atoms with E-state index in [9.17, 15) is 16.8 Å². The molecular formula is C22H24N2O5S2. The molecule has 9 heteroatoms. The first-order chi connectivity index (χ1) is 14.9. The van der Waals surface area contributed by atoms with Gasteiger partial charge in [-0.15, -0.1) is 0 Å². The molecular weight excluding hydrogens is 436 g/mol. The number of anilines is 1. The molecule has 0 saturated carbocycles. The molecule has 7 nitrogen and oxygen atoms in total. The van der Waals surface area contributed by atoms with Crippen LogP contribution in [0.3, 0.4) is 0 Å². The molecule has 0 amide bonds. The van der Waals surface area contributed by atoms with Crippen LogP contribution in [0.5, 0.6) is 0 Å². The average molecular weight is 461 g/mol. The molecule has 1 aliphatic rings. The molecule has 0 unspecified atom stereocenters. The van der Waals surface area contributed by atoms with Gasteiger partial charge in [-0.3, -0.25) is 4.31 Å². The van der Waals surface area contributed by atoms with Gasteiger partial charge in [-0.05, 0) is 42.6 Å². The highest BCUT2D eigenvalue weighted by molar-refractivity contribution is 7.93. The second kappa shape index (κ2) is 8.58. The normalized spacial score (nSPS) is 15.8. The van der Waals surface area contributed by atoms with Crippen LogP contribution in [0.2, 0.25) is 0 Å². The minimum atomic E-state index is -3.88. The summed E-state index contributed by atoms with van der Waals surface area (Å²) < 4.78 is 60.4. The highest BCUT2D eigenvalue weighted by atomic mass is 32.2. The number of sulfonamides is 2. The van der Waals surface area contributed by atoms with Crippen LogP contribution in [0.1, 0.15) is 6.92 Å². The maximum absolute atomic E-state index is 13.4. The Morgan fingerprint density at radius 2 is 1.45 bits per heavy atom. The number of ether oxygens (including phenoxy) is 1. The number of fused-ring (bicyclic) bond motifs is 1. The van der Waals surface area contributed by atoms with Crippen molar-refractivity contribution < 1.29 is 21.6 Å². The number of morpholine rings is 1. The summed E-state index contributed by atoms with van der Waals surface area (Å²) in [5, 5.41) is 1.78. The smallest absolute Gasteiger partial charge is 0.264 e. The van der Waals surface area contributed by atoms with Gasteiger partial charge in [-0.1, -0.05) is 36.4 Å². The summed E-state index contributed by atoms with van der Waals surface area (Å²) in [4.78, 5) is 0.116. The molecule has 0 aliphatic carbocycles. The van der Waals surface area contributed by atoms with Gasteiger partial charge in [0.2, 0.25) is 10.0 Å².